The second-order valence-electron chi connectivity index (χ2n) is 4.20. The highest BCUT2D eigenvalue weighted by atomic mass is 32.1. The summed E-state index contributed by atoms with van der Waals surface area (Å²) >= 11 is 2.95. The maximum atomic E-state index is 5.96. The zero-order chi connectivity index (χ0) is 13.9. The van der Waals surface area contributed by atoms with Crippen molar-refractivity contribution in [3.63, 3.8) is 0 Å². The van der Waals surface area contributed by atoms with E-state index in [1.807, 2.05) is 30.5 Å². The van der Waals surface area contributed by atoms with Crippen molar-refractivity contribution in [2.45, 2.75) is 13.5 Å². The van der Waals surface area contributed by atoms with Crippen LogP contribution in [0.2, 0.25) is 0 Å². The van der Waals surface area contributed by atoms with Crippen LogP contribution in [0.25, 0.3) is 11.3 Å². The number of nitrogens with two attached hydrogens (primary N) is 1. The molecule has 0 fully saturated rings. The normalized spacial score (nSPS) is 10.7. The lowest BCUT2D eigenvalue weighted by Gasteiger charge is -2.05. The van der Waals surface area contributed by atoms with Gasteiger partial charge in [-0.15, -0.1) is 11.3 Å². The summed E-state index contributed by atoms with van der Waals surface area (Å²) in [7, 11) is 0. The van der Waals surface area contributed by atoms with Crippen LogP contribution in [0.3, 0.4) is 0 Å². The van der Waals surface area contributed by atoms with E-state index < -0.39 is 0 Å². The molecule has 0 aromatic carbocycles. The van der Waals surface area contributed by atoms with Crippen molar-refractivity contribution in [1.29, 1.82) is 0 Å². The topological polar surface area (TPSA) is 76.7 Å². The highest BCUT2D eigenvalue weighted by Gasteiger charge is 2.16. The van der Waals surface area contributed by atoms with E-state index >= 15 is 0 Å². The van der Waals surface area contributed by atoms with Crippen molar-refractivity contribution < 1.29 is 0 Å². The lowest BCUT2D eigenvalue weighted by molar-refractivity contribution is 1.05. The van der Waals surface area contributed by atoms with E-state index in [0.29, 0.717) is 12.4 Å². The third-order valence-corrected chi connectivity index (χ3v) is 4.34. The van der Waals surface area contributed by atoms with Gasteiger partial charge in [0, 0.05) is 11.6 Å². The summed E-state index contributed by atoms with van der Waals surface area (Å²) in [6, 6.07) is 5.84. The van der Waals surface area contributed by atoms with Gasteiger partial charge in [0.15, 0.2) is 0 Å². The van der Waals surface area contributed by atoms with E-state index in [9.17, 15) is 0 Å². The third kappa shape index (κ3) is 2.63. The molecular weight excluding hydrogens is 290 g/mol. The predicted molar refractivity (Wildman–Crippen MR) is 83.9 cm³/mol. The maximum absolute atomic E-state index is 5.96. The van der Waals surface area contributed by atoms with Crippen LogP contribution in [-0.2, 0) is 6.54 Å². The van der Waals surface area contributed by atoms with Gasteiger partial charge in [-0.2, -0.15) is 4.37 Å². The SMILES string of the molecule is Cc1nc(-c2c(N)nsc2NCc2ccccn2)cs1. The minimum Gasteiger partial charge on any atom is -0.382 e. The summed E-state index contributed by atoms with van der Waals surface area (Å²) in [5, 5.41) is 7.28. The average molecular weight is 303 g/mol. The molecule has 0 bridgehead atoms. The molecule has 0 spiro atoms. The van der Waals surface area contributed by atoms with Gasteiger partial charge < -0.3 is 11.1 Å². The monoisotopic (exact) mass is 303 g/mol. The van der Waals surface area contributed by atoms with Crippen molar-refractivity contribution in [1.82, 2.24) is 14.3 Å². The Hall–Kier alpha value is -1.99. The fraction of sp³-hybridized carbons (Fsp3) is 0.154. The Kier molecular flexibility index (Phi) is 3.62. The van der Waals surface area contributed by atoms with E-state index in [2.05, 4.69) is 19.7 Å². The molecule has 0 aliphatic carbocycles. The zero-order valence-electron chi connectivity index (χ0n) is 10.8. The van der Waals surface area contributed by atoms with Gasteiger partial charge >= 0.3 is 0 Å². The first-order chi connectivity index (χ1) is 9.74. The van der Waals surface area contributed by atoms with Gasteiger partial charge in [-0.25, -0.2) is 4.98 Å². The number of hydrogen-bond donors (Lipinski definition) is 2. The van der Waals surface area contributed by atoms with Crippen molar-refractivity contribution in [3.05, 3.63) is 40.5 Å². The van der Waals surface area contributed by atoms with Gasteiger partial charge in [-0.1, -0.05) is 6.07 Å². The van der Waals surface area contributed by atoms with Crippen molar-refractivity contribution >= 4 is 33.7 Å². The second-order valence-corrected chi connectivity index (χ2v) is 6.03. The quantitative estimate of drug-likeness (QED) is 0.774. The molecule has 102 valence electrons. The summed E-state index contributed by atoms with van der Waals surface area (Å²) in [6.45, 7) is 2.61. The molecule has 7 heteroatoms. The molecule has 3 aromatic rings. The van der Waals surface area contributed by atoms with Crippen LogP contribution in [0.15, 0.2) is 29.8 Å². The Labute approximate surface area is 124 Å². The Morgan fingerprint density at radius 3 is 2.95 bits per heavy atom. The fourth-order valence-corrected chi connectivity index (χ4v) is 3.14. The first-order valence-corrected chi connectivity index (χ1v) is 7.71. The van der Waals surface area contributed by atoms with Gasteiger partial charge in [0.05, 0.1) is 28.5 Å². The van der Waals surface area contributed by atoms with Gasteiger partial charge in [0.25, 0.3) is 0 Å². The number of nitrogens with zero attached hydrogens (tertiary/aromatic N) is 3. The van der Waals surface area contributed by atoms with Crippen LogP contribution in [0.1, 0.15) is 10.7 Å². The molecule has 3 rings (SSSR count). The zero-order valence-corrected chi connectivity index (χ0v) is 12.5. The summed E-state index contributed by atoms with van der Waals surface area (Å²) in [5.74, 6) is 0.517. The summed E-state index contributed by atoms with van der Waals surface area (Å²) in [4.78, 5) is 8.76. The van der Waals surface area contributed by atoms with Crippen molar-refractivity contribution in [2.24, 2.45) is 0 Å². The Morgan fingerprint density at radius 2 is 2.25 bits per heavy atom. The standard InChI is InChI=1S/C13H13N5S2/c1-8-17-10(7-19-8)11-12(14)18-20-13(11)16-6-9-4-2-3-5-15-9/h2-5,7,16H,6H2,1H3,(H2,14,18). The van der Waals surface area contributed by atoms with Gasteiger partial charge in [0.2, 0.25) is 0 Å². The second kappa shape index (κ2) is 5.56. The number of aromatic nitrogens is 3. The molecule has 5 nitrogen and oxygen atoms in total. The van der Waals surface area contributed by atoms with Crippen LogP contribution in [0.5, 0.6) is 0 Å². The Morgan fingerprint density at radius 1 is 1.35 bits per heavy atom. The number of nitrogen functional groups attached to an aromatic ring is 1. The van der Waals surface area contributed by atoms with Crippen LogP contribution in [0, 0.1) is 6.92 Å². The van der Waals surface area contributed by atoms with Crippen LogP contribution in [-0.4, -0.2) is 14.3 Å². The number of hydrogen-bond acceptors (Lipinski definition) is 7. The molecular formula is C13H13N5S2. The highest BCUT2D eigenvalue weighted by Crippen LogP contribution is 2.37. The number of anilines is 2. The number of thiazole rings is 1. The summed E-state index contributed by atoms with van der Waals surface area (Å²) in [6.07, 6.45) is 1.78. The van der Waals surface area contributed by atoms with Gasteiger partial charge in [0.1, 0.15) is 10.8 Å². The number of rotatable bonds is 4. The smallest absolute Gasteiger partial charge is 0.148 e. The van der Waals surface area contributed by atoms with E-state index in [1.165, 1.54) is 11.5 Å². The van der Waals surface area contributed by atoms with Gasteiger partial charge in [-0.3, -0.25) is 4.98 Å². The number of aryl methyl sites for hydroxylation is 1. The fourth-order valence-electron chi connectivity index (χ4n) is 1.82. The van der Waals surface area contributed by atoms with Crippen molar-refractivity contribution in [3.8, 4) is 11.3 Å². The molecule has 0 unspecified atom stereocenters. The molecule has 3 N–H and O–H groups in total. The lowest BCUT2D eigenvalue weighted by Crippen LogP contribution is -2.01. The first kappa shape index (κ1) is 13.0. The molecule has 0 saturated carbocycles. The molecule has 0 amide bonds. The predicted octanol–water partition coefficient (Wildman–Crippen LogP) is 3.16. The summed E-state index contributed by atoms with van der Waals surface area (Å²) < 4.78 is 4.22. The average Bonchev–Trinajstić information content (AvgIpc) is 3.03. The minimum atomic E-state index is 0.517. The molecule has 3 heterocycles. The lowest BCUT2D eigenvalue weighted by atomic mass is 10.2. The Bertz CT molecular complexity index is 705. The van der Waals surface area contributed by atoms with Gasteiger partial charge in [-0.05, 0) is 30.6 Å². The number of nitrogens with one attached hydrogen (secondary N) is 1. The third-order valence-electron chi connectivity index (χ3n) is 2.75. The number of pyridine rings is 1. The molecule has 0 aliphatic rings. The Balaban J connectivity index is 1.84. The van der Waals surface area contributed by atoms with Crippen LogP contribution >= 0.6 is 22.9 Å². The molecule has 0 saturated heterocycles. The maximum Gasteiger partial charge on any atom is 0.148 e. The molecule has 3 aromatic heterocycles. The molecule has 0 radical (unpaired) electrons. The summed E-state index contributed by atoms with van der Waals surface area (Å²) in [5.41, 5.74) is 8.69. The highest BCUT2D eigenvalue weighted by molar-refractivity contribution is 7.11. The van der Waals surface area contributed by atoms with Crippen LogP contribution in [0.4, 0.5) is 10.8 Å². The molecule has 0 atom stereocenters. The van der Waals surface area contributed by atoms with Crippen LogP contribution < -0.4 is 11.1 Å². The van der Waals surface area contributed by atoms with E-state index in [4.69, 9.17) is 5.73 Å². The largest absolute Gasteiger partial charge is 0.382 e. The molecule has 20 heavy (non-hydrogen) atoms. The van der Waals surface area contributed by atoms with E-state index in [0.717, 1.165) is 27.0 Å². The van der Waals surface area contributed by atoms with E-state index in [-0.39, 0.29) is 0 Å². The van der Waals surface area contributed by atoms with E-state index in [1.54, 1.807) is 17.5 Å². The van der Waals surface area contributed by atoms with Crippen molar-refractivity contribution in [2.75, 3.05) is 11.1 Å². The first-order valence-electron chi connectivity index (χ1n) is 6.05. The molecule has 0 aliphatic heterocycles. The minimum absolute atomic E-state index is 0.517.